The molecule has 1 unspecified atom stereocenters. The van der Waals surface area contributed by atoms with Crippen LogP contribution >= 0.6 is 0 Å². The zero-order valence-corrected chi connectivity index (χ0v) is 12.4. The summed E-state index contributed by atoms with van der Waals surface area (Å²) in [5.74, 6) is 0.795. The van der Waals surface area contributed by atoms with Crippen LogP contribution in [0.3, 0.4) is 0 Å². The Balaban J connectivity index is 3.98. The van der Waals surface area contributed by atoms with Crippen LogP contribution in [-0.4, -0.2) is 23.5 Å². The molecule has 0 aromatic rings. The first-order valence-corrected chi connectivity index (χ1v) is 7.15. The van der Waals surface area contributed by atoms with Gasteiger partial charge in [-0.25, -0.2) is 0 Å². The summed E-state index contributed by atoms with van der Waals surface area (Å²) < 4.78 is 0. The molecule has 0 N–H and O–H groups in total. The van der Waals surface area contributed by atoms with E-state index in [1.807, 2.05) is 0 Å². The third kappa shape index (κ3) is 7.39. The van der Waals surface area contributed by atoms with E-state index in [2.05, 4.69) is 45.6 Å². The van der Waals surface area contributed by atoms with Crippen LogP contribution in [0.2, 0.25) is 0 Å². The molecular formula is C15H30N2. The predicted molar refractivity (Wildman–Crippen MR) is 74.8 cm³/mol. The zero-order valence-electron chi connectivity index (χ0n) is 12.4. The van der Waals surface area contributed by atoms with E-state index in [4.69, 9.17) is 5.26 Å². The molecule has 0 saturated carbocycles. The maximum Gasteiger partial charge on any atom is 0.0621 e. The van der Waals surface area contributed by atoms with Crippen LogP contribution in [0, 0.1) is 17.2 Å². The molecule has 1 atom stereocenters. The van der Waals surface area contributed by atoms with Gasteiger partial charge in [0.05, 0.1) is 6.07 Å². The molecular weight excluding hydrogens is 208 g/mol. The normalized spacial score (nSPS) is 13.4. The Morgan fingerprint density at radius 2 is 1.65 bits per heavy atom. The van der Waals surface area contributed by atoms with E-state index in [1.165, 1.54) is 25.8 Å². The van der Waals surface area contributed by atoms with Crippen molar-refractivity contribution < 1.29 is 0 Å². The Labute approximate surface area is 108 Å². The summed E-state index contributed by atoms with van der Waals surface area (Å²) in [5.41, 5.74) is 0. The highest BCUT2D eigenvalue weighted by Gasteiger charge is 2.15. The lowest BCUT2D eigenvalue weighted by Crippen LogP contribution is -2.38. The number of hydrogen-bond acceptors (Lipinski definition) is 2. The van der Waals surface area contributed by atoms with Crippen molar-refractivity contribution in [2.75, 3.05) is 6.54 Å². The molecule has 100 valence electrons. The van der Waals surface area contributed by atoms with Gasteiger partial charge in [0.15, 0.2) is 0 Å². The van der Waals surface area contributed by atoms with Gasteiger partial charge in [-0.2, -0.15) is 5.26 Å². The number of rotatable bonds is 9. The Hall–Kier alpha value is -0.550. The molecule has 0 aliphatic carbocycles. The summed E-state index contributed by atoms with van der Waals surface area (Å²) in [6, 6.07) is 3.50. The van der Waals surface area contributed by atoms with Gasteiger partial charge in [-0.05, 0) is 59.4 Å². The smallest absolute Gasteiger partial charge is 0.0621 e. The van der Waals surface area contributed by atoms with Crippen molar-refractivity contribution in [2.45, 2.75) is 78.8 Å². The molecule has 17 heavy (non-hydrogen) atoms. The maximum absolute atomic E-state index is 8.56. The largest absolute Gasteiger partial charge is 0.299 e. The minimum atomic E-state index is 0.631. The van der Waals surface area contributed by atoms with Gasteiger partial charge in [0.25, 0.3) is 0 Å². The molecule has 0 bridgehead atoms. The van der Waals surface area contributed by atoms with Gasteiger partial charge in [0.2, 0.25) is 0 Å². The second-order valence-corrected chi connectivity index (χ2v) is 5.54. The van der Waals surface area contributed by atoms with Gasteiger partial charge in [0, 0.05) is 18.5 Å². The Morgan fingerprint density at radius 3 is 2.06 bits per heavy atom. The van der Waals surface area contributed by atoms with Crippen molar-refractivity contribution >= 4 is 0 Å². The van der Waals surface area contributed by atoms with Gasteiger partial charge in [-0.15, -0.1) is 0 Å². The molecule has 0 amide bonds. The van der Waals surface area contributed by atoms with E-state index < -0.39 is 0 Å². The van der Waals surface area contributed by atoms with E-state index in [0.717, 1.165) is 12.3 Å². The van der Waals surface area contributed by atoms with E-state index in [-0.39, 0.29) is 0 Å². The Kier molecular flexibility index (Phi) is 9.17. The predicted octanol–water partition coefficient (Wildman–Crippen LogP) is 4.22. The van der Waals surface area contributed by atoms with Crippen molar-refractivity contribution in [1.82, 2.24) is 4.90 Å². The SMILES string of the molecule is CCC(CCCC#N)CCN(C(C)C)C(C)C. The van der Waals surface area contributed by atoms with Gasteiger partial charge in [0.1, 0.15) is 0 Å². The van der Waals surface area contributed by atoms with Crippen LogP contribution in [0.1, 0.15) is 66.7 Å². The molecule has 0 spiro atoms. The van der Waals surface area contributed by atoms with Crippen LogP contribution in [0.4, 0.5) is 0 Å². The van der Waals surface area contributed by atoms with Gasteiger partial charge < -0.3 is 0 Å². The van der Waals surface area contributed by atoms with Gasteiger partial charge in [-0.1, -0.05) is 13.3 Å². The van der Waals surface area contributed by atoms with Crippen molar-refractivity contribution in [1.29, 1.82) is 5.26 Å². The first-order valence-electron chi connectivity index (χ1n) is 7.15. The lowest BCUT2D eigenvalue weighted by atomic mass is 9.95. The maximum atomic E-state index is 8.56. The lowest BCUT2D eigenvalue weighted by Gasteiger charge is -2.31. The van der Waals surface area contributed by atoms with E-state index in [1.54, 1.807) is 0 Å². The van der Waals surface area contributed by atoms with Crippen LogP contribution < -0.4 is 0 Å². The summed E-state index contributed by atoms with van der Waals surface area (Å²) in [4.78, 5) is 2.56. The molecule has 2 heteroatoms. The number of hydrogen-bond donors (Lipinski definition) is 0. The average Bonchev–Trinajstić information content (AvgIpc) is 2.26. The third-order valence-electron chi connectivity index (χ3n) is 3.60. The fraction of sp³-hybridized carbons (Fsp3) is 0.933. The molecule has 0 heterocycles. The second kappa shape index (κ2) is 9.48. The number of nitrogens with zero attached hydrogens (tertiary/aromatic N) is 2. The van der Waals surface area contributed by atoms with Crippen LogP contribution in [0.25, 0.3) is 0 Å². The average molecular weight is 238 g/mol. The number of nitriles is 1. The topological polar surface area (TPSA) is 27.0 Å². The van der Waals surface area contributed by atoms with Gasteiger partial charge in [-0.3, -0.25) is 4.90 Å². The molecule has 2 nitrogen and oxygen atoms in total. The van der Waals surface area contributed by atoms with E-state index in [9.17, 15) is 0 Å². The Morgan fingerprint density at radius 1 is 1.06 bits per heavy atom. The van der Waals surface area contributed by atoms with Crippen LogP contribution in [0.5, 0.6) is 0 Å². The molecule has 0 aromatic carbocycles. The summed E-state index contributed by atoms with van der Waals surface area (Å²) in [5, 5.41) is 8.56. The van der Waals surface area contributed by atoms with Crippen molar-refractivity contribution in [3.8, 4) is 6.07 Å². The first-order chi connectivity index (χ1) is 8.02. The van der Waals surface area contributed by atoms with E-state index >= 15 is 0 Å². The number of unbranched alkanes of at least 4 members (excludes halogenated alkanes) is 1. The highest BCUT2D eigenvalue weighted by atomic mass is 15.2. The monoisotopic (exact) mass is 238 g/mol. The fourth-order valence-electron chi connectivity index (χ4n) is 2.47. The van der Waals surface area contributed by atoms with Crippen molar-refractivity contribution in [2.24, 2.45) is 5.92 Å². The molecule has 0 aromatic heterocycles. The van der Waals surface area contributed by atoms with Crippen LogP contribution in [-0.2, 0) is 0 Å². The van der Waals surface area contributed by atoms with Crippen molar-refractivity contribution in [3.63, 3.8) is 0 Å². The quantitative estimate of drug-likeness (QED) is 0.562. The highest BCUT2D eigenvalue weighted by Crippen LogP contribution is 2.18. The summed E-state index contributed by atoms with van der Waals surface area (Å²) >= 11 is 0. The lowest BCUT2D eigenvalue weighted by molar-refractivity contribution is 0.160. The summed E-state index contributed by atoms with van der Waals surface area (Å²) in [7, 11) is 0. The minimum absolute atomic E-state index is 0.631. The van der Waals surface area contributed by atoms with Crippen LogP contribution in [0.15, 0.2) is 0 Å². The molecule has 0 fully saturated rings. The van der Waals surface area contributed by atoms with Gasteiger partial charge >= 0.3 is 0 Å². The summed E-state index contributed by atoms with van der Waals surface area (Å²) in [6.45, 7) is 12.6. The zero-order chi connectivity index (χ0) is 13.3. The Bertz CT molecular complexity index is 207. The van der Waals surface area contributed by atoms with Crippen molar-refractivity contribution in [3.05, 3.63) is 0 Å². The molecule has 0 aliphatic rings. The molecule has 0 saturated heterocycles. The van der Waals surface area contributed by atoms with E-state index in [0.29, 0.717) is 18.5 Å². The molecule has 0 rings (SSSR count). The first kappa shape index (κ1) is 16.4. The third-order valence-corrected chi connectivity index (χ3v) is 3.60. The molecule has 0 aliphatic heterocycles. The molecule has 0 radical (unpaired) electrons. The second-order valence-electron chi connectivity index (χ2n) is 5.54. The minimum Gasteiger partial charge on any atom is -0.299 e. The standard InChI is InChI=1S/C15H30N2/c1-6-15(9-7-8-11-16)10-12-17(13(2)3)14(4)5/h13-15H,6-10,12H2,1-5H3. The summed E-state index contributed by atoms with van der Waals surface area (Å²) in [6.07, 6.45) is 5.52. The fourth-order valence-corrected chi connectivity index (χ4v) is 2.47. The highest BCUT2D eigenvalue weighted by molar-refractivity contribution is 4.72.